The molecule has 0 saturated heterocycles. The van der Waals surface area contributed by atoms with Gasteiger partial charge < -0.3 is 10.8 Å². The fourth-order valence-electron chi connectivity index (χ4n) is 1.16. The van der Waals surface area contributed by atoms with E-state index in [1.54, 1.807) is 13.0 Å². The van der Waals surface area contributed by atoms with Crippen LogP contribution in [0.4, 0.5) is 4.39 Å². The predicted molar refractivity (Wildman–Crippen MR) is 57.5 cm³/mol. The maximum atomic E-state index is 12.9. The van der Waals surface area contributed by atoms with Crippen LogP contribution in [0.25, 0.3) is 0 Å². The molecule has 2 atom stereocenters. The van der Waals surface area contributed by atoms with E-state index < -0.39 is 6.10 Å². The van der Waals surface area contributed by atoms with Gasteiger partial charge in [-0.3, -0.25) is 0 Å². The fourth-order valence-corrected chi connectivity index (χ4v) is 1.67. The monoisotopic (exact) mass is 261 g/mol. The maximum absolute atomic E-state index is 12.9. The smallest absolute Gasteiger partial charge is 0.124 e. The summed E-state index contributed by atoms with van der Waals surface area (Å²) in [7, 11) is 0. The molecule has 2 nitrogen and oxygen atoms in total. The lowest BCUT2D eigenvalue weighted by atomic mass is 10.0. The molecule has 0 aliphatic rings. The third-order valence-corrected chi connectivity index (χ3v) is 2.43. The molecular weight excluding hydrogens is 249 g/mol. The zero-order valence-electron chi connectivity index (χ0n) is 7.87. The van der Waals surface area contributed by atoms with Gasteiger partial charge >= 0.3 is 0 Å². The van der Waals surface area contributed by atoms with E-state index in [-0.39, 0.29) is 11.9 Å². The molecule has 0 radical (unpaired) electrons. The first kappa shape index (κ1) is 11.6. The van der Waals surface area contributed by atoms with Gasteiger partial charge in [0.05, 0.1) is 6.10 Å². The Morgan fingerprint density at radius 2 is 2.14 bits per heavy atom. The highest BCUT2D eigenvalue weighted by Crippen LogP contribution is 2.16. The quantitative estimate of drug-likeness (QED) is 0.873. The summed E-state index contributed by atoms with van der Waals surface area (Å²) >= 11 is 3.19. The van der Waals surface area contributed by atoms with Crippen LogP contribution in [-0.4, -0.2) is 17.3 Å². The summed E-state index contributed by atoms with van der Waals surface area (Å²) in [6.07, 6.45) is -0.266. The molecule has 0 heterocycles. The average Bonchev–Trinajstić information content (AvgIpc) is 2.01. The van der Waals surface area contributed by atoms with Gasteiger partial charge in [-0.15, -0.1) is 0 Å². The van der Waals surface area contributed by atoms with E-state index >= 15 is 0 Å². The molecule has 0 amide bonds. The van der Waals surface area contributed by atoms with Gasteiger partial charge in [-0.05, 0) is 37.1 Å². The number of aliphatic hydroxyl groups excluding tert-OH is 1. The summed E-state index contributed by atoms with van der Waals surface area (Å²) in [6.45, 7) is 1.72. The molecule has 0 saturated carbocycles. The van der Waals surface area contributed by atoms with Gasteiger partial charge in [-0.2, -0.15) is 0 Å². The first-order valence-corrected chi connectivity index (χ1v) is 5.17. The van der Waals surface area contributed by atoms with Crippen LogP contribution < -0.4 is 5.73 Å². The summed E-state index contributed by atoms with van der Waals surface area (Å²) in [6, 6.07) is 4.24. The van der Waals surface area contributed by atoms with Gasteiger partial charge in [-0.1, -0.05) is 15.9 Å². The second kappa shape index (κ2) is 4.87. The van der Waals surface area contributed by atoms with E-state index in [9.17, 15) is 9.50 Å². The van der Waals surface area contributed by atoms with E-state index in [1.807, 2.05) is 0 Å². The Hall–Kier alpha value is -0.450. The molecule has 2 unspecified atom stereocenters. The van der Waals surface area contributed by atoms with Crippen LogP contribution in [0.5, 0.6) is 0 Å². The van der Waals surface area contributed by atoms with Crippen molar-refractivity contribution in [1.82, 2.24) is 0 Å². The highest BCUT2D eigenvalue weighted by atomic mass is 79.9. The number of rotatable bonds is 3. The van der Waals surface area contributed by atoms with Crippen LogP contribution in [0.2, 0.25) is 0 Å². The number of hydrogen-bond acceptors (Lipinski definition) is 2. The Bertz CT molecular complexity index is 297. The van der Waals surface area contributed by atoms with Gasteiger partial charge in [0, 0.05) is 10.5 Å². The zero-order chi connectivity index (χ0) is 10.7. The van der Waals surface area contributed by atoms with Crippen LogP contribution in [0.3, 0.4) is 0 Å². The molecular formula is C10H13BrFNO. The number of benzene rings is 1. The third-order valence-electron chi connectivity index (χ3n) is 1.97. The molecule has 0 aromatic heterocycles. The minimum atomic E-state index is -0.635. The SMILES string of the molecule is CC(N)C(O)Cc1cc(F)cc(Br)c1. The van der Waals surface area contributed by atoms with Crippen molar-refractivity contribution in [2.24, 2.45) is 5.73 Å². The topological polar surface area (TPSA) is 46.2 Å². The summed E-state index contributed by atoms with van der Waals surface area (Å²) in [4.78, 5) is 0. The van der Waals surface area contributed by atoms with Crippen molar-refractivity contribution in [2.75, 3.05) is 0 Å². The lowest BCUT2D eigenvalue weighted by Gasteiger charge is -2.14. The van der Waals surface area contributed by atoms with Crippen molar-refractivity contribution >= 4 is 15.9 Å². The van der Waals surface area contributed by atoms with Gasteiger partial charge in [0.1, 0.15) is 5.82 Å². The minimum absolute atomic E-state index is 0.308. The molecule has 0 bridgehead atoms. The molecule has 0 aliphatic carbocycles. The Labute approximate surface area is 91.1 Å². The summed E-state index contributed by atoms with van der Waals surface area (Å²) in [5.41, 5.74) is 6.24. The largest absolute Gasteiger partial charge is 0.391 e. The van der Waals surface area contributed by atoms with Crippen molar-refractivity contribution in [1.29, 1.82) is 0 Å². The molecule has 14 heavy (non-hydrogen) atoms. The Kier molecular flexibility index (Phi) is 4.04. The van der Waals surface area contributed by atoms with Gasteiger partial charge in [-0.25, -0.2) is 4.39 Å². The van der Waals surface area contributed by atoms with Crippen LogP contribution >= 0.6 is 15.9 Å². The zero-order valence-corrected chi connectivity index (χ0v) is 9.46. The first-order valence-electron chi connectivity index (χ1n) is 4.37. The second-order valence-electron chi connectivity index (χ2n) is 3.41. The normalized spacial score (nSPS) is 15.2. The molecule has 0 aliphatic heterocycles. The minimum Gasteiger partial charge on any atom is -0.391 e. The van der Waals surface area contributed by atoms with Crippen LogP contribution in [0.15, 0.2) is 22.7 Å². The lowest BCUT2D eigenvalue weighted by molar-refractivity contribution is 0.151. The average molecular weight is 262 g/mol. The van der Waals surface area contributed by atoms with Crippen molar-refractivity contribution in [3.05, 3.63) is 34.1 Å². The fraction of sp³-hybridized carbons (Fsp3) is 0.400. The molecule has 0 spiro atoms. The highest BCUT2D eigenvalue weighted by molar-refractivity contribution is 9.10. The Morgan fingerprint density at radius 1 is 1.50 bits per heavy atom. The van der Waals surface area contributed by atoms with Crippen molar-refractivity contribution < 1.29 is 9.50 Å². The van der Waals surface area contributed by atoms with Gasteiger partial charge in [0.15, 0.2) is 0 Å². The summed E-state index contributed by atoms with van der Waals surface area (Å²) < 4.78 is 13.6. The van der Waals surface area contributed by atoms with E-state index in [0.717, 1.165) is 5.56 Å². The maximum Gasteiger partial charge on any atom is 0.124 e. The standard InChI is InChI=1S/C10H13BrFNO/c1-6(13)10(14)4-7-2-8(11)5-9(12)3-7/h2-3,5-6,10,14H,4,13H2,1H3. The highest BCUT2D eigenvalue weighted by Gasteiger charge is 2.11. The van der Waals surface area contributed by atoms with Gasteiger partial charge in [0.2, 0.25) is 0 Å². The number of nitrogens with two attached hydrogens (primary N) is 1. The third kappa shape index (κ3) is 3.36. The molecule has 1 rings (SSSR count). The molecule has 4 heteroatoms. The summed E-state index contributed by atoms with van der Waals surface area (Å²) in [5.74, 6) is -0.314. The Balaban J connectivity index is 2.76. The van der Waals surface area contributed by atoms with Crippen molar-refractivity contribution in [3.63, 3.8) is 0 Å². The van der Waals surface area contributed by atoms with E-state index in [0.29, 0.717) is 10.9 Å². The molecule has 3 N–H and O–H groups in total. The molecule has 1 aromatic rings. The first-order chi connectivity index (χ1) is 6.49. The number of hydrogen-bond donors (Lipinski definition) is 2. The second-order valence-corrected chi connectivity index (χ2v) is 4.32. The van der Waals surface area contributed by atoms with Crippen LogP contribution in [0.1, 0.15) is 12.5 Å². The van der Waals surface area contributed by atoms with Gasteiger partial charge in [0.25, 0.3) is 0 Å². The predicted octanol–water partition coefficient (Wildman–Crippen LogP) is 1.84. The Morgan fingerprint density at radius 3 is 2.64 bits per heavy atom. The van der Waals surface area contributed by atoms with Crippen LogP contribution in [-0.2, 0) is 6.42 Å². The number of halogens is 2. The van der Waals surface area contributed by atoms with E-state index in [2.05, 4.69) is 15.9 Å². The molecule has 0 fully saturated rings. The molecule has 1 aromatic carbocycles. The molecule has 78 valence electrons. The van der Waals surface area contributed by atoms with E-state index in [1.165, 1.54) is 12.1 Å². The van der Waals surface area contributed by atoms with Crippen molar-refractivity contribution in [2.45, 2.75) is 25.5 Å². The number of aliphatic hydroxyl groups is 1. The van der Waals surface area contributed by atoms with Crippen LogP contribution in [0, 0.1) is 5.82 Å². The summed E-state index contributed by atoms with van der Waals surface area (Å²) in [5, 5.41) is 9.50. The van der Waals surface area contributed by atoms with Crippen molar-refractivity contribution in [3.8, 4) is 0 Å². The lowest BCUT2D eigenvalue weighted by Crippen LogP contribution is -2.33. The van der Waals surface area contributed by atoms with E-state index in [4.69, 9.17) is 5.73 Å².